The second kappa shape index (κ2) is 7.61. The number of hydrogen-bond acceptors (Lipinski definition) is 3. The van der Waals surface area contributed by atoms with Crippen LogP contribution in [0.1, 0.15) is 35.7 Å². The van der Waals surface area contributed by atoms with Crippen molar-refractivity contribution in [3.63, 3.8) is 0 Å². The van der Waals surface area contributed by atoms with E-state index in [0.717, 1.165) is 16.6 Å². The zero-order valence-electron chi connectivity index (χ0n) is 15.9. The fraction of sp³-hybridized carbons (Fsp3) is 0.125. The van der Waals surface area contributed by atoms with Crippen LogP contribution in [0.15, 0.2) is 78.9 Å². The number of amides is 1. The van der Waals surface area contributed by atoms with Crippen molar-refractivity contribution in [2.45, 2.75) is 19.8 Å². The molecule has 0 aliphatic heterocycles. The molecule has 0 saturated heterocycles. The summed E-state index contributed by atoms with van der Waals surface area (Å²) in [6, 6.07) is 25.2. The van der Waals surface area contributed by atoms with Gasteiger partial charge >= 0.3 is 0 Å². The molecule has 0 saturated carbocycles. The molecule has 0 atom stereocenters. The van der Waals surface area contributed by atoms with E-state index in [1.165, 1.54) is 5.56 Å². The monoisotopic (exact) mass is 367 g/mol. The zero-order valence-corrected chi connectivity index (χ0v) is 15.9. The summed E-state index contributed by atoms with van der Waals surface area (Å²) in [7, 11) is 0. The second-order valence-electron chi connectivity index (χ2n) is 7.04. The lowest BCUT2D eigenvalue weighted by atomic mass is 10.0. The number of nitrogens with one attached hydrogen (secondary N) is 1. The number of carbonyl (C=O) groups is 1. The summed E-state index contributed by atoms with van der Waals surface area (Å²) >= 11 is 0. The van der Waals surface area contributed by atoms with Crippen molar-refractivity contribution in [1.29, 1.82) is 0 Å². The zero-order chi connectivity index (χ0) is 19.5. The van der Waals surface area contributed by atoms with Crippen molar-refractivity contribution in [3.8, 4) is 11.3 Å². The van der Waals surface area contributed by atoms with Crippen LogP contribution >= 0.6 is 0 Å². The SMILES string of the molecule is CC(C)c1ccc(NC(=O)c2c(-c3ccccc3)nnc3ccccc23)cc1. The van der Waals surface area contributed by atoms with Gasteiger partial charge in [-0.15, -0.1) is 10.2 Å². The van der Waals surface area contributed by atoms with Crippen molar-refractivity contribution >= 4 is 22.5 Å². The average Bonchev–Trinajstić information content (AvgIpc) is 2.74. The van der Waals surface area contributed by atoms with Crippen LogP contribution < -0.4 is 5.32 Å². The third-order valence-electron chi connectivity index (χ3n) is 4.78. The number of benzene rings is 3. The molecule has 3 aromatic carbocycles. The van der Waals surface area contributed by atoms with Crippen LogP contribution in [0.4, 0.5) is 5.69 Å². The third-order valence-corrected chi connectivity index (χ3v) is 4.78. The van der Waals surface area contributed by atoms with E-state index in [1.54, 1.807) is 0 Å². The predicted octanol–water partition coefficient (Wildman–Crippen LogP) is 5.67. The van der Waals surface area contributed by atoms with Crippen LogP contribution in [0.3, 0.4) is 0 Å². The quantitative estimate of drug-likeness (QED) is 0.505. The highest BCUT2D eigenvalue weighted by Crippen LogP contribution is 2.28. The molecule has 0 fully saturated rings. The minimum atomic E-state index is -0.192. The van der Waals surface area contributed by atoms with Gasteiger partial charge in [0.1, 0.15) is 5.69 Å². The standard InChI is InChI=1S/C24H21N3O/c1-16(2)17-12-14-19(15-13-17)25-24(28)22-20-10-6-7-11-21(20)26-27-23(22)18-8-4-3-5-9-18/h3-16H,1-2H3,(H,25,28). The molecule has 4 rings (SSSR count). The summed E-state index contributed by atoms with van der Waals surface area (Å²) in [6.45, 7) is 4.29. The van der Waals surface area contributed by atoms with Gasteiger partial charge in [-0.2, -0.15) is 0 Å². The van der Waals surface area contributed by atoms with Gasteiger partial charge in [0.05, 0.1) is 11.1 Å². The fourth-order valence-corrected chi connectivity index (χ4v) is 3.23. The topological polar surface area (TPSA) is 54.9 Å². The van der Waals surface area contributed by atoms with Crippen molar-refractivity contribution in [2.75, 3.05) is 5.32 Å². The maximum atomic E-state index is 13.3. The minimum Gasteiger partial charge on any atom is -0.322 e. The molecule has 0 radical (unpaired) electrons. The Morgan fingerprint density at radius 1 is 0.821 bits per heavy atom. The number of carbonyl (C=O) groups excluding carboxylic acids is 1. The lowest BCUT2D eigenvalue weighted by molar-refractivity contribution is 0.102. The summed E-state index contributed by atoms with van der Waals surface area (Å²) in [4.78, 5) is 13.3. The van der Waals surface area contributed by atoms with Crippen molar-refractivity contribution in [2.24, 2.45) is 0 Å². The van der Waals surface area contributed by atoms with Crippen LogP contribution in [0, 0.1) is 0 Å². The number of aromatic nitrogens is 2. The van der Waals surface area contributed by atoms with Gasteiger partial charge in [0.25, 0.3) is 5.91 Å². The van der Waals surface area contributed by atoms with Gasteiger partial charge in [-0.25, -0.2) is 0 Å². The van der Waals surface area contributed by atoms with Gasteiger partial charge in [0.15, 0.2) is 0 Å². The van der Waals surface area contributed by atoms with E-state index in [9.17, 15) is 4.79 Å². The first-order valence-corrected chi connectivity index (χ1v) is 9.35. The predicted molar refractivity (Wildman–Crippen MR) is 113 cm³/mol. The summed E-state index contributed by atoms with van der Waals surface area (Å²) in [5.74, 6) is 0.255. The molecule has 138 valence electrons. The van der Waals surface area contributed by atoms with Crippen LogP contribution in [-0.4, -0.2) is 16.1 Å². The Hall–Kier alpha value is -3.53. The maximum Gasteiger partial charge on any atom is 0.258 e. The summed E-state index contributed by atoms with van der Waals surface area (Å²) in [5.41, 5.74) is 4.66. The van der Waals surface area contributed by atoms with E-state index in [0.29, 0.717) is 22.7 Å². The number of hydrogen-bond donors (Lipinski definition) is 1. The Morgan fingerprint density at radius 2 is 1.50 bits per heavy atom. The molecule has 28 heavy (non-hydrogen) atoms. The molecule has 1 N–H and O–H groups in total. The normalized spacial score (nSPS) is 11.0. The number of nitrogens with zero attached hydrogens (tertiary/aromatic N) is 2. The highest BCUT2D eigenvalue weighted by Gasteiger charge is 2.19. The first-order chi connectivity index (χ1) is 13.6. The Labute approximate surface area is 164 Å². The second-order valence-corrected chi connectivity index (χ2v) is 7.04. The third kappa shape index (κ3) is 3.49. The largest absolute Gasteiger partial charge is 0.322 e. The molecule has 0 unspecified atom stereocenters. The van der Waals surface area contributed by atoms with Gasteiger partial charge in [0, 0.05) is 16.6 Å². The molecule has 0 spiro atoms. The molecule has 4 heteroatoms. The molecular weight excluding hydrogens is 346 g/mol. The summed E-state index contributed by atoms with van der Waals surface area (Å²) < 4.78 is 0. The van der Waals surface area contributed by atoms with Crippen molar-refractivity contribution in [3.05, 3.63) is 90.0 Å². The van der Waals surface area contributed by atoms with Gasteiger partial charge in [0.2, 0.25) is 0 Å². The lowest BCUT2D eigenvalue weighted by Gasteiger charge is -2.13. The average molecular weight is 367 g/mol. The Kier molecular flexibility index (Phi) is 4.85. The Morgan fingerprint density at radius 3 is 2.21 bits per heavy atom. The molecule has 0 bridgehead atoms. The molecule has 1 heterocycles. The van der Waals surface area contributed by atoms with E-state index in [4.69, 9.17) is 0 Å². The number of rotatable bonds is 4. The molecule has 0 aliphatic rings. The highest BCUT2D eigenvalue weighted by molar-refractivity contribution is 6.15. The Bertz CT molecular complexity index is 1120. The lowest BCUT2D eigenvalue weighted by Crippen LogP contribution is -2.15. The van der Waals surface area contributed by atoms with Gasteiger partial charge < -0.3 is 5.32 Å². The smallest absolute Gasteiger partial charge is 0.258 e. The summed E-state index contributed by atoms with van der Waals surface area (Å²) in [5, 5.41) is 12.5. The number of fused-ring (bicyclic) bond motifs is 1. The van der Waals surface area contributed by atoms with Gasteiger partial charge in [-0.1, -0.05) is 74.5 Å². The fourth-order valence-electron chi connectivity index (χ4n) is 3.23. The molecule has 4 aromatic rings. The van der Waals surface area contributed by atoms with Crippen LogP contribution in [0.2, 0.25) is 0 Å². The molecule has 1 aromatic heterocycles. The first kappa shape index (κ1) is 17.9. The van der Waals surface area contributed by atoms with Crippen LogP contribution in [0.5, 0.6) is 0 Å². The van der Waals surface area contributed by atoms with Crippen LogP contribution in [-0.2, 0) is 0 Å². The van der Waals surface area contributed by atoms with E-state index in [1.807, 2.05) is 78.9 Å². The maximum absolute atomic E-state index is 13.3. The highest BCUT2D eigenvalue weighted by atomic mass is 16.1. The van der Waals surface area contributed by atoms with Crippen LogP contribution in [0.25, 0.3) is 22.2 Å². The summed E-state index contributed by atoms with van der Waals surface area (Å²) in [6.07, 6.45) is 0. The Balaban J connectivity index is 1.78. The number of anilines is 1. The van der Waals surface area contributed by atoms with E-state index < -0.39 is 0 Å². The first-order valence-electron chi connectivity index (χ1n) is 9.35. The minimum absolute atomic E-state index is 0.192. The van der Waals surface area contributed by atoms with E-state index >= 15 is 0 Å². The molecular formula is C24H21N3O. The van der Waals surface area contributed by atoms with E-state index in [2.05, 4.69) is 29.4 Å². The molecule has 1 amide bonds. The molecule has 0 aliphatic carbocycles. The van der Waals surface area contributed by atoms with E-state index in [-0.39, 0.29) is 5.91 Å². The van der Waals surface area contributed by atoms with Gasteiger partial charge in [-0.3, -0.25) is 4.79 Å². The van der Waals surface area contributed by atoms with Crippen molar-refractivity contribution < 1.29 is 4.79 Å². The van der Waals surface area contributed by atoms with Crippen molar-refractivity contribution in [1.82, 2.24) is 10.2 Å². The molecule has 4 nitrogen and oxygen atoms in total. The van der Waals surface area contributed by atoms with Gasteiger partial charge in [-0.05, 0) is 29.7 Å².